The Morgan fingerprint density at radius 3 is 2.41 bits per heavy atom. The number of hydrogen-bond donors (Lipinski definition) is 2. The molecule has 2 aromatic rings. The average Bonchev–Trinajstić information content (AvgIpc) is 2.52. The molecule has 0 heterocycles. The molecule has 0 aliphatic carbocycles. The van der Waals surface area contributed by atoms with Crippen LogP contribution in [0.2, 0.25) is 0 Å². The van der Waals surface area contributed by atoms with Crippen molar-refractivity contribution in [1.82, 2.24) is 0 Å². The number of rotatable bonds is 4. The van der Waals surface area contributed by atoms with E-state index in [-0.39, 0.29) is 5.57 Å². The van der Waals surface area contributed by atoms with Crippen molar-refractivity contribution in [2.24, 2.45) is 0 Å². The summed E-state index contributed by atoms with van der Waals surface area (Å²) in [5.74, 6) is -0.440. The molecule has 0 aliphatic heterocycles. The molecule has 110 valence electrons. The summed E-state index contributed by atoms with van der Waals surface area (Å²) in [6, 6.07) is 16.8. The van der Waals surface area contributed by atoms with E-state index in [9.17, 15) is 4.79 Å². The van der Waals surface area contributed by atoms with Crippen LogP contribution in [-0.2, 0) is 4.79 Å². The smallest absolute Gasteiger partial charge is 0.267 e. The maximum absolute atomic E-state index is 12.0. The van der Waals surface area contributed by atoms with Gasteiger partial charge in [-0.2, -0.15) is 5.26 Å². The highest BCUT2D eigenvalue weighted by Gasteiger charge is 2.08. The first kappa shape index (κ1) is 15.3. The summed E-state index contributed by atoms with van der Waals surface area (Å²) in [5, 5.41) is 14.8. The third kappa shape index (κ3) is 3.97. The lowest BCUT2D eigenvalue weighted by atomic mass is 10.1. The number of amides is 1. The number of anilines is 2. The van der Waals surface area contributed by atoms with Gasteiger partial charge in [-0.3, -0.25) is 4.79 Å². The van der Waals surface area contributed by atoms with Crippen LogP contribution in [0, 0.1) is 25.2 Å². The van der Waals surface area contributed by atoms with Gasteiger partial charge >= 0.3 is 0 Å². The van der Waals surface area contributed by atoms with Crippen LogP contribution < -0.4 is 10.6 Å². The molecule has 0 aliphatic rings. The summed E-state index contributed by atoms with van der Waals surface area (Å²) in [7, 11) is 0. The van der Waals surface area contributed by atoms with Crippen molar-refractivity contribution in [3.63, 3.8) is 0 Å². The lowest BCUT2D eigenvalue weighted by molar-refractivity contribution is -0.112. The molecule has 0 bridgehead atoms. The van der Waals surface area contributed by atoms with Crippen molar-refractivity contribution >= 4 is 17.3 Å². The van der Waals surface area contributed by atoms with Gasteiger partial charge in [-0.25, -0.2) is 0 Å². The van der Waals surface area contributed by atoms with Gasteiger partial charge in [0, 0.05) is 17.6 Å². The van der Waals surface area contributed by atoms with Gasteiger partial charge in [0.15, 0.2) is 0 Å². The summed E-state index contributed by atoms with van der Waals surface area (Å²) in [6.07, 6.45) is 1.42. The first-order valence-corrected chi connectivity index (χ1v) is 6.90. The van der Waals surface area contributed by atoms with Gasteiger partial charge in [-0.05, 0) is 49.2 Å². The summed E-state index contributed by atoms with van der Waals surface area (Å²) >= 11 is 0. The Labute approximate surface area is 130 Å². The van der Waals surface area contributed by atoms with E-state index < -0.39 is 5.91 Å². The molecule has 2 rings (SSSR count). The molecule has 0 saturated heterocycles. The van der Waals surface area contributed by atoms with Gasteiger partial charge in [-0.1, -0.05) is 24.3 Å². The largest absolute Gasteiger partial charge is 0.360 e. The van der Waals surface area contributed by atoms with E-state index in [1.165, 1.54) is 11.8 Å². The molecule has 0 atom stereocenters. The van der Waals surface area contributed by atoms with Crippen molar-refractivity contribution < 1.29 is 4.79 Å². The third-order valence-corrected chi connectivity index (χ3v) is 3.29. The summed E-state index contributed by atoms with van der Waals surface area (Å²) < 4.78 is 0. The zero-order valence-corrected chi connectivity index (χ0v) is 12.6. The fourth-order valence-corrected chi connectivity index (χ4v) is 1.86. The monoisotopic (exact) mass is 291 g/mol. The van der Waals surface area contributed by atoms with E-state index in [2.05, 4.69) is 10.6 Å². The first-order valence-electron chi connectivity index (χ1n) is 6.90. The maximum Gasteiger partial charge on any atom is 0.267 e. The minimum absolute atomic E-state index is 0.0158. The molecule has 2 aromatic carbocycles. The van der Waals surface area contributed by atoms with E-state index >= 15 is 0 Å². The number of nitrogens with zero attached hydrogens (tertiary/aromatic N) is 1. The highest BCUT2D eigenvalue weighted by Crippen LogP contribution is 2.15. The Balaban J connectivity index is 2.08. The van der Waals surface area contributed by atoms with Crippen LogP contribution in [0.15, 0.2) is 60.3 Å². The van der Waals surface area contributed by atoms with Crippen molar-refractivity contribution in [3.8, 4) is 6.07 Å². The molecule has 1 amide bonds. The quantitative estimate of drug-likeness (QED) is 0.666. The minimum Gasteiger partial charge on any atom is -0.360 e. The molecule has 0 aromatic heterocycles. The van der Waals surface area contributed by atoms with Crippen molar-refractivity contribution in [3.05, 3.63) is 71.4 Å². The SMILES string of the molecule is Cc1ccc(N/C=C(\C#N)C(=O)Nc2ccccc2)cc1C. The molecule has 0 unspecified atom stereocenters. The fraction of sp³-hybridized carbons (Fsp3) is 0.111. The van der Waals surface area contributed by atoms with Crippen LogP contribution in [0.25, 0.3) is 0 Å². The predicted octanol–water partition coefficient (Wildman–Crippen LogP) is 3.76. The van der Waals surface area contributed by atoms with E-state index in [1.807, 2.05) is 56.3 Å². The van der Waals surface area contributed by atoms with Crippen LogP contribution in [0.5, 0.6) is 0 Å². The maximum atomic E-state index is 12.0. The molecule has 0 spiro atoms. The van der Waals surface area contributed by atoms with Gasteiger partial charge in [0.1, 0.15) is 11.6 Å². The van der Waals surface area contributed by atoms with Gasteiger partial charge in [-0.15, -0.1) is 0 Å². The highest BCUT2D eigenvalue weighted by molar-refractivity contribution is 6.06. The van der Waals surface area contributed by atoms with Crippen LogP contribution in [-0.4, -0.2) is 5.91 Å². The van der Waals surface area contributed by atoms with Gasteiger partial charge in [0.05, 0.1) is 0 Å². The van der Waals surface area contributed by atoms with Crippen LogP contribution in [0.3, 0.4) is 0 Å². The van der Waals surface area contributed by atoms with Gasteiger partial charge < -0.3 is 10.6 Å². The van der Waals surface area contributed by atoms with Crippen LogP contribution in [0.1, 0.15) is 11.1 Å². The molecule has 0 saturated carbocycles. The molecule has 22 heavy (non-hydrogen) atoms. The molecule has 2 N–H and O–H groups in total. The summed E-state index contributed by atoms with van der Waals surface area (Å²) in [6.45, 7) is 4.04. The molecular formula is C18H17N3O. The fourth-order valence-electron chi connectivity index (χ4n) is 1.86. The van der Waals surface area contributed by atoms with E-state index in [0.717, 1.165) is 11.3 Å². The number of carbonyl (C=O) groups excluding carboxylic acids is 1. The zero-order valence-electron chi connectivity index (χ0n) is 12.6. The predicted molar refractivity (Wildman–Crippen MR) is 88.3 cm³/mol. The molecule has 4 nitrogen and oxygen atoms in total. The number of hydrogen-bond acceptors (Lipinski definition) is 3. The molecule has 0 radical (unpaired) electrons. The highest BCUT2D eigenvalue weighted by atomic mass is 16.1. The lowest BCUT2D eigenvalue weighted by Gasteiger charge is -2.06. The number of para-hydroxylation sites is 1. The number of carbonyl (C=O) groups is 1. The average molecular weight is 291 g/mol. The van der Waals surface area contributed by atoms with Crippen molar-refractivity contribution in [1.29, 1.82) is 5.26 Å². The normalized spacial score (nSPS) is 10.7. The standard InChI is InChI=1S/C18H17N3O/c1-13-8-9-17(10-14(13)2)20-12-15(11-19)18(22)21-16-6-4-3-5-7-16/h3-10,12,20H,1-2H3,(H,21,22)/b15-12+. The Kier molecular flexibility index (Phi) is 4.94. The van der Waals surface area contributed by atoms with E-state index in [4.69, 9.17) is 5.26 Å². The first-order chi connectivity index (χ1) is 10.6. The Morgan fingerprint density at radius 2 is 1.77 bits per heavy atom. The Hall–Kier alpha value is -3.06. The van der Waals surface area contributed by atoms with Gasteiger partial charge in [0.2, 0.25) is 0 Å². The van der Waals surface area contributed by atoms with Crippen molar-refractivity contribution in [2.45, 2.75) is 13.8 Å². The van der Waals surface area contributed by atoms with Crippen molar-refractivity contribution in [2.75, 3.05) is 10.6 Å². The summed E-state index contributed by atoms with van der Waals surface area (Å²) in [4.78, 5) is 12.0. The Morgan fingerprint density at radius 1 is 1.05 bits per heavy atom. The second-order valence-corrected chi connectivity index (χ2v) is 4.93. The number of nitrogens with one attached hydrogen (secondary N) is 2. The third-order valence-electron chi connectivity index (χ3n) is 3.29. The minimum atomic E-state index is -0.440. The number of aryl methyl sites for hydroxylation is 2. The second-order valence-electron chi connectivity index (χ2n) is 4.93. The van der Waals surface area contributed by atoms with E-state index in [0.29, 0.717) is 5.69 Å². The number of nitriles is 1. The van der Waals surface area contributed by atoms with Gasteiger partial charge in [0.25, 0.3) is 5.91 Å². The Bertz CT molecular complexity index is 743. The zero-order chi connectivity index (χ0) is 15.9. The molecular weight excluding hydrogens is 274 g/mol. The lowest BCUT2D eigenvalue weighted by Crippen LogP contribution is -2.14. The van der Waals surface area contributed by atoms with Crippen LogP contribution in [0.4, 0.5) is 11.4 Å². The number of benzene rings is 2. The molecule has 0 fully saturated rings. The second kappa shape index (κ2) is 7.09. The molecule has 4 heteroatoms. The van der Waals surface area contributed by atoms with E-state index in [1.54, 1.807) is 12.1 Å². The van der Waals surface area contributed by atoms with Crippen LogP contribution >= 0.6 is 0 Å². The topological polar surface area (TPSA) is 64.9 Å². The summed E-state index contributed by atoms with van der Waals surface area (Å²) in [5.41, 5.74) is 3.84.